The van der Waals surface area contributed by atoms with Gasteiger partial charge < -0.3 is 15.0 Å². The molecule has 1 unspecified atom stereocenters. The van der Waals surface area contributed by atoms with Gasteiger partial charge in [-0.2, -0.15) is 8.42 Å². The van der Waals surface area contributed by atoms with Crippen LogP contribution in [0, 0.1) is 0 Å². The van der Waals surface area contributed by atoms with Crippen LogP contribution in [-0.4, -0.2) is 75.8 Å². The monoisotopic (exact) mass is 436 g/mol. The Morgan fingerprint density at radius 1 is 1.23 bits per heavy atom. The largest absolute Gasteiger partial charge is 0.496 e. The molecule has 0 radical (unpaired) electrons. The van der Waals surface area contributed by atoms with Crippen LogP contribution in [0.2, 0.25) is 0 Å². The number of likely N-dealkylation sites (tertiary alicyclic amines) is 2. The molecule has 2 fully saturated rings. The second kappa shape index (κ2) is 9.78. The average Bonchev–Trinajstić information content (AvgIpc) is 3.39. The number of amidine groups is 1. The Balaban J connectivity index is 1.81. The molecular weight excluding hydrogens is 404 g/mol. The summed E-state index contributed by atoms with van der Waals surface area (Å²) in [7, 11) is -2.44. The number of benzene rings is 1. The lowest BCUT2D eigenvalue weighted by molar-refractivity contribution is 0.0938. The van der Waals surface area contributed by atoms with Crippen LogP contribution in [0.5, 0.6) is 5.75 Å². The van der Waals surface area contributed by atoms with Gasteiger partial charge in [-0.25, -0.2) is 0 Å². The van der Waals surface area contributed by atoms with E-state index >= 15 is 0 Å². The third-order valence-corrected chi connectivity index (χ3v) is 7.22. The predicted octanol–water partition coefficient (Wildman–Crippen LogP) is 2.11. The topological polar surface area (TPSA) is 91.3 Å². The molecule has 0 saturated carbocycles. The van der Waals surface area contributed by atoms with E-state index < -0.39 is 10.0 Å². The first kappa shape index (κ1) is 22.6. The van der Waals surface area contributed by atoms with Crippen molar-refractivity contribution in [2.24, 2.45) is 4.40 Å². The number of nitrogens with one attached hydrogen (secondary N) is 1. The fourth-order valence-electron chi connectivity index (χ4n) is 4.22. The molecule has 2 aliphatic rings. The van der Waals surface area contributed by atoms with Crippen molar-refractivity contribution >= 4 is 21.8 Å². The van der Waals surface area contributed by atoms with Crippen LogP contribution in [0.15, 0.2) is 27.5 Å². The summed E-state index contributed by atoms with van der Waals surface area (Å²) < 4.78 is 35.1. The highest BCUT2D eigenvalue weighted by Gasteiger charge is 2.26. The van der Waals surface area contributed by atoms with Gasteiger partial charge in [0.05, 0.1) is 17.6 Å². The molecule has 3 rings (SSSR count). The van der Waals surface area contributed by atoms with Crippen LogP contribution < -0.4 is 10.1 Å². The van der Waals surface area contributed by atoms with Crippen molar-refractivity contribution in [2.45, 2.75) is 50.5 Å². The lowest BCUT2D eigenvalue weighted by Gasteiger charge is -2.23. The van der Waals surface area contributed by atoms with Gasteiger partial charge in [-0.1, -0.05) is 6.92 Å². The summed E-state index contributed by atoms with van der Waals surface area (Å²) in [4.78, 5) is 17.2. The van der Waals surface area contributed by atoms with E-state index in [-0.39, 0.29) is 16.4 Å². The number of sulfonamides is 1. The number of hydrogen-bond acceptors (Lipinski definition) is 5. The fraction of sp³-hybridized carbons (Fsp3) is 0.619. The van der Waals surface area contributed by atoms with Crippen LogP contribution in [0.1, 0.15) is 49.9 Å². The molecule has 166 valence electrons. The standard InChI is InChI=1S/C21H32N4O4S/c1-4-24-12-6-8-16(24)15-22-21(26)18-14-17(10-11-19(18)29-3)30(27,28)23-20-9-7-13-25(20)5-2/h10-11,14,16H,4-9,12-13,15H2,1-3H3,(H,22,26)/b23-20-. The highest BCUT2D eigenvalue weighted by molar-refractivity contribution is 7.90. The fourth-order valence-corrected chi connectivity index (χ4v) is 5.32. The van der Waals surface area contributed by atoms with Gasteiger partial charge in [0.2, 0.25) is 0 Å². The molecule has 1 atom stereocenters. The summed E-state index contributed by atoms with van der Waals surface area (Å²) in [5.74, 6) is 0.588. The lowest BCUT2D eigenvalue weighted by Crippen LogP contribution is -2.40. The van der Waals surface area contributed by atoms with Gasteiger partial charge >= 0.3 is 0 Å². The van der Waals surface area contributed by atoms with Crippen molar-refractivity contribution < 1.29 is 17.9 Å². The molecule has 2 heterocycles. The zero-order chi connectivity index (χ0) is 21.7. The van der Waals surface area contributed by atoms with Gasteiger partial charge in [-0.05, 0) is 57.5 Å². The van der Waals surface area contributed by atoms with Gasteiger partial charge in [0.1, 0.15) is 11.6 Å². The lowest BCUT2D eigenvalue weighted by atomic mass is 10.1. The average molecular weight is 437 g/mol. The quantitative estimate of drug-likeness (QED) is 0.671. The van der Waals surface area contributed by atoms with Crippen molar-refractivity contribution in [1.29, 1.82) is 0 Å². The zero-order valence-corrected chi connectivity index (χ0v) is 18.9. The first-order valence-corrected chi connectivity index (χ1v) is 12.1. The molecule has 2 saturated heterocycles. The van der Waals surface area contributed by atoms with Crippen molar-refractivity contribution in [3.63, 3.8) is 0 Å². The second-order valence-corrected chi connectivity index (χ2v) is 9.27. The highest BCUT2D eigenvalue weighted by atomic mass is 32.2. The summed E-state index contributed by atoms with van der Waals surface area (Å²) in [6.45, 7) is 8.16. The van der Waals surface area contributed by atoms with Crippen molar-refractivity contribution in [3.05, 3.63) is 23.8 Å². The molecule has 2 aliphatic heterocycles. The maximum atomic E-state index is 12.9. The Morgan fingerprint density at radius 2 is 2.03 bits per heavy atom. The molecule has 0 aromatic heterocycles. The zero-order valence-electron chi connectivity index (χ0n) is 18.1. The van der Waals surface area contributed by atoms with Crippen LogP contribution in [-0.2, 0) is 10.0 Å². The molecule has 9 heteroatoms. The summed E-state index contributed by atoms with van der Waals surface area (Å²) in [6.07, 6.45) is 3.71. The molecular formula is C21H32N4O4S. The number of rotatable bonds is 8. The summed E-state index contributed by atoms with van der Waals surface area (Å²) in [5, 5.41) is 2.95. The van der Waals surface area contributed by atoms with Gasteiger partial charge in [0, 0.05) is 32.1 Å². The minimum Gasteiger partial charge on any atom is -0.496 e. The molecule has 1 amide bonds. The Kier molecular flexibility index (Phi) is 7.36. The van der Waals surface area contributed by atoms with E-state index in [9.17, 15) is 13.2 Å². The number of methoxy groups -OCH3 is 1. The van der Waals surface area contributed by atoms with E-state index in [1.807, 2.05) is 11.8 Å². The van der Waals surface area contributed by atoms with E-state index in [4.69, 9.17) is 4.74 Å². The Morgan fingerprint density at radius 3 is 2.73 bits per heavy atom. The first-order chi connectivity index (χ1) is 14.4. The van der Waals surface area contributed by atoms with Gasteiger partial charge in [0.25, 0.3) is 15.9 Å². The van der Waals surface area contributed by atoms with Crippen molar-refractivity contribution in [2.75, 3.05) is 39.8 Å². The normalized spacial score (nSPS) is 21.4. The number of ether oxygens (including phenoxy) is 1. The summed E-state index contributed by atoms with van der Waals surface area (Å²) in [5.41, 5.74) is 0.207. The van der Waals surface area contributed by atoms with Gasteiger partial charge in [-0.3, -0.25) is 9.69 Å². The van der Waals surface area contributed by atoms with Crippen molar-refractivity contribution in [1.82, 2.24) is 15.1 Å². The molecule has 1 aromatic carbocycles. The van der Waals surface area contributed by atoms with E-state index in [0.29, 0.717) is 30.6 Å². The number of carbonyl (C=O) groups excluding carboxylic acids is 1. The van der Waals surface area contributed by atoms with Crippen LogP contribution in [0.25, 0.3) is 0 Å². The Bertz CT molecular complexity index is 900. The van der Waals surface area contributed by atoms with E-state index in [1.54, 1.807) is 0 Å². The number of carbonyl (C=O) groups is 1. The van der Waals surface area contributed by atoms with E-state index in [0.717, 1.165) is 45.4 Å². The molecule has 1 aromatic rings. The number of nitrogens with zero attached hydrogens (tertiary/aromatic N) is 3. The smallest absolute Gasteiger partial charge is 0.283 e. The maximum absolute atomic E-state index is 12.9. The van der Waals surface area contributed by atoms with E-state index in [1.165, 1.54) is 25.3 Å². The van der Waals surface area contributed by atoms with Gasteiger partial charge in [-0.15, -0.1) is 4.40 Å². The minimum atomic E-state index is -3.91. The predicted molar refractivity (Wildman–Crippen MR) is 117 cm³/mol. The highest BCUT2D eigenvalue weighted by Crippen LogP contribution is 2.25. The van der Waals surface area contributed by atoms with Crippen LogP contribution >= 0.6 is 0 Å². The molecule has 1 N–H and O–H groups in total. The molecule has 0 spiro atoms. The van der Waals surface area contributed by atoms with Crippen molar-refractivity contribution in [3.8, 4) is 5.75 Å². The Hall–Kier alpha value is -2.13. The van der Waals surface area contributed by atoms with Crippen LogP contribution in [0.3, 0.4) is 0 Å². The molecule has 0 aliphatic carbocycles. The number of amides is 1. The summed E-state index contributed by atoms with van der Waals surface area (Å²) >= 11 is 0. The maximum Gasteiger partial charge on any atom is 0.283 e. The third-order valence-electron chi connectivity index (χ3n) is 5.92. The van der Waals surface area contributed by atoms with Crippen LogP contribution in [0.4, 0.5) is 0 Å². The second-order valence-electron chi connectivity index (χ2n) is 7.66. The SMILES string of the molecule is CCN1CCC/C1=N/S(=O)(=O)c1ccc(OC)c(C(=O)NCC2CCCN2CC)c1. The number of hydrogen-bond donors (Lipinski definition) is 1. The number of likely N-dealkylation sites (N-methyl/N-ethyl adjacent to an activating group) is 1. The molecule has 8 nitrogen and oxygen atoms in total. The van der Waals surface area contributed by atoms with Gasteiger partial charge in [0.15, 0.2) is 0 Å². The molecule has 0 bridgehead atoms. The third kappa shape index (κ3) is 4.95. The minimum absolute atomic E-state index is 0.0000424. The molecule has 30 heavy (non-hydrogen) atoms. The first-order valence-electron chi connectivity index (χ1n) is 10.7. The summed E-state index contributed by atoms with van der Waals surface area (Å²) in [6, 6.07) is 4.63. The Labute approximate surface area is 179 Å². The van der Waals surface area contributed by atoms with E-state index in [2.05, 4.69) is 21.5 Å².